The van der Waals surface area contributed by atoms with Crippen molar-refractivity contribution < 1.29 is 14.3 Å². The zero-order chi connectivity index (χ0) is 17.4. The van der Waals surface area contributed by atoms with Crippen LogP contribution in [0.25, 0.3) is 6.08 Å². The predicted molar refractivity (Wildman–Crippen MR) is 94.4 cm³/mol. The van der Waals surface area contributed by atoms with Crippen LogP contribution in [-0.2, 0) is 11.2 Å². The number of carbonyl (C=O) groups excluding carboxylic acids is 2. The van der Waals surface area contributed by atoms with Crippen molar-refractivity contribution in [1.29, 1.82) is 0 Å². The van der Waals surface area contributed by atoms with E-state index in [1.54, 1.807) is 6.07 Å². The number of esters is 1. The van der Waals surface area contributed by atoms with Crippen LogP contribution in [0.2, 0.25) is 0 Å². The molecule has 24 heavy (non-hydrogen) atoms. The molecule has 0 saturated carbocycles. The summed E-state index contributed by atoms with van der Waals surface area (Å²) >= 11 is 0. The number of methoxy groups -OCH3 is 1. The van der Waals surface area contributed by atoms with Crippen molar-refractivity contribution >= 4 is 17.8 Å². The number of rotatable bonds is 2. The number of hydrogen-bond acceptors (Lipinski definition) is 3. The SMILES string of the molecule is COC(=O)c1cc(C)ccc1/C=C1\Cc2c(C)cc(C)cc2C1=O. The minimum Gasteiger partial charge on any atom is -0.465 e. The van der Waals surface area contributed by atoms with Crippen molar-refractivity contribution in [2.75, 3.05) is 7.11 Å². The van der Waals surface area contributed by atoms with Crippen LogP contribution in [0.4, 0.5) is 0 Å². The Labute approximate surface area is 142 Å². The maximum Gasteiger partial charge on any atom is 0.338 e. The Morgan fingerprint density at radius 1 is 1.08 bits per heavy atom. The van der Waals surface area contributed by atoms with E-state index in [-0.39, 0.29) is 11.8 Å². The Hall–Kier alpha value is -2.68. The van der Waals surface area contributed by atoms with Gasteiger partial charge < -0.3 is 4.74 Å². The third-order valence-corrected chi connectivity index (χ3v) is 4.46. The minimum absolute atomic E-state index is 0.0493. The average Bonchev–Trinajstić information content (AvgIpc) is 2.85. The molecule has 0 N–H and O–H groups in total. The summed E-state index contributed by atoms with van der Waals surface area (Å²) in [6, 6.07) is 9.63. The maximum absolute atomic E-state index is 12.7. The lowest BCUT2D eigenvalue weighted by Gasteiger charge is -2.06. The molecule has 0 radical (unpaired) electrons. The molecule has 0 aromatic heterocycles. The zero-order valence-corrected chi connectivity index (χ0v) is 14.4. The van der Waals surface area contributed by atoms with Crippen LogP contribution in [0.1, 0.15) is 48.5 Å². The van der Waals surface area contributed by atoms with E-state index in [0.29, 0.717) is 17.6 Å². The van der Waals surface area contributed by atoms with Gasteiger partial charge in [0.05, 0.1) is 12.7 Å². The number of hydrogen-bond donors (Lipinski definition) is 0. The van der Waals surface area contributed by atoms with Gasteiger partial charge in [-0.15, -0.1) is 0 Å². The van der Waals surface area contributed by atoms with Gasteiger partial charge in [0, 0.05) is 17.6 Å². The van der Waals surface area contributed by atoms with Crippen LogP contribution in [-0.4, -0.2) is 18.9 Å². The first-order valence-corrected chi connectivity index (χ1v) is 7.95. The van der Waals surface area contributed by atoms with Gasteiger partial charge in [-0.3, -0.25) is 4.79 Å². The van der Waals surface area contributed by atoms with Gasteiger partial charge in [-0.05, 0) is 55.7 Å². The van der Waals surface area contributed by atoms with Gasteiger partial charge in [-0.2, -0.15) is 0 Å². The Morgan fingerprint density at radius 3 is 2.54 bits per heavy atom. The molecule has 0 bridgehead atoms. The summed E-state index contributed by atoms with van der Waals surface area (Å²) in [6.45, 7) is 5.96. The second-order valence-corrected chi connectivity index (χ2v) is 6.37. The van der Waals surface area contributed by atoms with E-state index in [1.807, 2.05) is 45.0 Å². The van der Waals surface area contributed by atoms with E-state index in [1.165, 1.54) is 7.11 Å². The summed E-state index contributed by atoms with van der Waals surface area (Å²) in [4.78, 5) is 24.8. The fraction of sp³-hybridized carbons (Fsp3) is 0.238. The number of Topliss-reactive ketones (excluding diaryl/α,β-unsaturated/α-hetero) is 1. The summed E-state index contributed by atoms with van der Waals surface area (Å²) in [5.41, 5.74) is 7.00. The monoisotopic (exact) mass is 320 g/mol. The molecule has 0 unspecified atom stereocenters. The molecule has 0 aliphatic heterocycles. The van der Waals surface area contributed by atoms with E-state index in [0.717, 1.165) is 33.4 Å². The smallest absolute Gasteiger partial charge is 0.338 e. The summed E-state index contributed by atoms with van der Waals surface area (Å²) in [6.07, 6.45) is 2.43. The van der Waals surface area contributed by atoms with E-state index >= 15 is 0 Å². The molecule has 122 valence electrons. The molecule has 2 aromatic carbocycles. The van der Waals surface area contributed by atoms with Gasteiger partial charge in [0.25, 0.3) is 0 Å². The summed E-state index contributed by atoms with van der Waals surface area (Å²) in [5, 5.41) is 0. The zero-order valence-electron chi connectivity index (χ0n) is 14.4. The first-order chi connectivity index (χ1) is 11.4. The van der Waals surface area contributed by atoms with Crippen molar-refractivity contribution in [3.8, 4) is 0 Å². The highest BCUT2D eigenvalue weighted by molar-refractivity contribution is 6.16. The van der Waals surface area contributed by atoms with Gasteiger partial charge in [0.1, 0.15) is 0 Å². The highest BCUT2D eigenvalue weighted by Gasteiger charge is 2.27. The van der Waals surface area contributed by atoms with Crippen LogP contribution >= 0.6 is 0 Å². The van der Waals surface area contributed by atoms with Crippen molar-refractivity contribution in [1.82, 2.24) is 0 Å². The molecule has 3 rings (SSSR count). The average molecular weight is 320 g/mol. The molecule has 0 spiro atoms. The van der Waals surface area contributed by atoms with Crippen molar-refractivity contribution in [2.24, 2.45) is 0 Å². The molecule has 0 atom stereocenters. The lowest BCUT2D eigenvalue weighted by molar-refractivity contribution is 0.0600. The molecule has 3 nitrogen and oxygen atoms in total. The highest BCUT2D eigenvalue weighted by atomic mass is 16.5. The van der Waals surface area contributed by atoms with Crippen LogP contribution in [0.3, 0.4) is 0 Å². The van der Waals surface area contributed by atoms with Gasteiger partial charge in [-0.25, -0.2) is 4.79 Å². The normalized spacial score (nSPS) is 14.8. The predicted octanol–water partition coefficient (Wildman–Crippen LogP) is 4.22. The largest absolute Gasteiger partial charge is 0.465 e. The molecular weight excluding hydrogens is 300 g/mol. The Kier molecular flexibility index (Phi) is 4.10. The van der Waals surface area contributed by atoms with Gasteiger partial charge >= 0.3 is 5.97 Å². The third kappa shape index (κ3) is 2.78. The lowest BCUT2D eigenvalue weighted by atomic mass is 10.0. The summed E-state index contributed by atoms with van der Waals surface area (Å²) < 4.78 is 4.87. The number of ketones is 1. The highest BCUT2D eigenvalue weighted by Crippen LogP contribution is 2.31. The number of fused-ring (bicyclic) bond motifs is 1. The second kappa shape index (κ2) is 6.08. The number of carbonyl (C=O) groups is 2. The van der Waals surface area contributed by atoms with E-state index in [2.05, 4.69) is 6.07 Å². The topological polar surface area (TPSA) is 43.4 Å². The van der Waals surface area contributed by atoms with Crippen molar-refractivity contribution in [3.05, 3.63) is 74.8 Å². The molecule has 0 amide bonds. The fourth-order valence-corrected chi connectivity index (χ4v) is 3.27. The minimum atomic E-state index is -0.388. The van der Waals surface area contributed by atoms with Crippen LogP contribution < -0.4 is 0 Å². The molecule has 3 heteroatoms. The second-order valence-electron chi connectivity index (χ2n) is 6.37. The van der Waals surface area contributed by atoms with E-state index in [9.17, 15) is 9.59 Å². The van der Waals surface area contributed by atoms with E-state index < -0.39 is 0 Å². The molecule has 0 saturated heterocycles. The first-order valence-electron chi connectivity index (χ1n) is 7.95. The number of benzene rings is 2. The molecule has 0 heterocycles. The standard InChI is InChI=1S/C21H20O3/c1-12-5-6-15(18(8-12)21(23)24-4)10-16-11-17-14(3)7-13(2)9-19(17)20(16)22/h5-10H,11H2,1-4H3/b16-10+. The molecule has 2 aromatic rings. The Morgan fingerprint density at radius 2 is 1.83 bits per heavy atom. The lowest BCUT2D eigenvalue weighted by Crippen LogP contribution is -2.05. The Balaban J connectivity index is 2.07. The van der Waals surface area contributed by atoms with Gasteiger partial charge in [0.15, 0.2) is 5.78 Å². The molecular formula is C21H20O3. The third-order valence-electron chi connectivity index (χ3n) is 4.46. The fourth-order valence-electron chi connectivity index (χ4n) is 3.27. The molecule has 1 aliphatic carbocycles. The van der Waals surface area contributed by atoms with E-state index in [4.69, 9.17) is 4.74 Å². The molecule has 0 fully saturated rings. The van der Waals surface area contributed by atoms with Crippen LogP contribution in [0.5, 0.6) is 0 Å². The van der Waals surface area contributed by atoms with Gasteiger partial charge in [-0.1, -0.05) is 29.3 Å². The number of ether oxygens (including phenoxy) is 1. The molecule has 1 aliphatic rings. The van der Waals surface area contributed by atoms with Crippen molar-refractivity contribution in [2.45, 2.75) is 27.2 Å². The summed E-state index contributed by atoms with van der Waals surface area (Å²) in [5.74, 6) is -0.339. The van der Waals surface area contributed by atoms with Crippen molar-refractivity contribution in [3.63, 3.8) is 0 Å². The van der Waals surface area contributed by atoms with Crippen LogP contribution in [0.15, 0.2) is 35.9 Å². The van der Waals surface area contributed by atoms with Crippen LogP contribution in [0, 0.1) is 20.8 Å². The summed E-state index contributed by atoms with van der Waals surface area (Å²) in [7, 11) is 1.37. The first kappa shape index (κ1) is 16.2. The quantitative estimate of drug-likeness (QED) is 0.614. The maximum atomic E-state index is 12.7. The number of aryl methyl sites for hydroxylation is 3. The Bertz CT molecular complexity index is 888. The van der Waals surface area contributed by atoms with Gasteiger partial charge in [0.2, 0.25) is 0 Å². The number of allylic oxidation sites excluding steroid dienone is 1.